The van der Waals surface area contributed by atoms with Gasteiger partial charge in [-0.1, -0.05) is 5.16 Å². The van der Waals surface area contributed by atoms with Gasteiger partial charge >= 0.3 is 0 Å². The van der Waals surface area contributed by atoms with Crippen LogP contribution in [0.5, 0.6) is 0 Å². The summed E-state index contributed by atoms with van der Waals surface area (Å²) in [7, 11) is -3.82. The van der Waals surface area contributed by atoms with Crippen LogP contribution in [0.4, 0.5) is 11.5 Å². The summed E-state index contributed by atoms with van der Waals surface area (Å²) >= 11 is 0. The van der Waals surface area contributed by atoms with Crippen molar-refractivity contribution >= 4 is 38.3 Å². The van der Waals surface area contributed by atoms with Crippen LogP contribution in [0.15, 0.2) is 57.9 Å². The van der Waals surface area contributed by atoms with Gasteiger partial charge in [-0.25, -0.2) is 8.42 Å². The van der Waals surface area contributed by atoms with Gasteiger partial charge in [0.25, 0.3) is 15.9 Å². The van der Waals surface area contributed by atoms with E-state index in [0.717, 1.165) is 23.0 Å². The van der Waals surface area contributed by atoms with E-state index in [1.807, 2.05) is 12.1 Å². The number of nitrogens with one attached hydrogen (secondary N) is 2. The number of rotatable bonds is 6. The Hall–Kier alpha value is -3.59. The van der Waals surface area contributed by atoms with Crippen LogP contribution < -0.4 is 10.0 Å². The number of amides is 1. The van der Waals surface area contributed by atoms with E-state index in [0.29, 0.717) is 17.0 Å². The highest BCUT2D eigenvalue weighted by molar-refractivity contribution is 7.92. The molecule has 2 aromatic carbocycles. The molecule has 0 aliphatic heterocycles. The minimum atomic E-state index is -3.82. The predicted octanol–water partition coefficient (Wildman–Crippen LogP) is 4.63. The third kappa shape index (κ3) is 3.99. The molecule has 0 aliphatic rings. The van der Waals surface area contributed by atoms with Gasteiger partial charge in [-0.3, -0.25) is 9.52 Å². The third-order valence-electron chi connectivity index (χ3n) is 5.51. The van der Waals surface area contributed by atoms with Gasteiger partial charge in [-0.05, 0) is 75.7 Å². The maximum Gasteiger partial charge on any atom is 0.263 e. The van der Waals surface area contributed by atoms with E-state index in [1.165, 1.54) is 23.9 Å². The molecular formula is C23H24N4O4S. The van der Waals surface area contributed by atoms with E-state index in [-0.39, 0.29) is 16.6 Å². The first-order valence-corrected chi connectivity index (χ1v) is 11.6. The summed E-state index contributed by atoms with van der Waals surface area (Å²) in [5.41, 5.74) is 4.47. The maximum absolute atomic E-state index is 12.8. The summed E-state index contributed by atoms with van der Waals surface area (Å²) in [6, 6.07) is 13.1. The predicted molar refractivity (Wildman–Crippen MR) is 124 cm³/mol. The lowest BCUT2D eigenvalue weighted by Crippen LogP contribution is -2.14. The van der Waals surface area contributed by atoms with E-state index in [1.54, 1.807) is 25.1 Å². The number of sulfonamides is 1. The summed E-state index contributed by atoms with van der Waals surface area (Å²) in [4.78, 5) is 12.8. The monoisotopic (exact) mass is 452 g/mol. The molecule has 0 atom stereocenters. The summed E-state index contributed by atoms with van der Waals surface area (Å²) in [6.45, 7) is 8.76. The molecule has 32 heavy (non-hydrogen) atoms. The van der Waals surface area contributed by atoms with Crippen LogP contribution in [-0.4, -0.2) is 24.0 Å². The highest BCUT2D eigenvalue weighted by Gasteiger charge is 2.17. The van der Waals surface area contributed by atoms with Gasteiger partial charge in [0, 0.05) is 40.5 Å². The summed E-state index contributed by atoms with van der Waals surface area (Å²) in [6.07, 6.45) is 0. The summed E-state index contributed by atoms with van der Waals surface area (Å²) in [5, 5.41) is 7.50. The molecule has 8 nitrogen and oxygen atoms in total. The molecule has 0 spiro atoms. The van der Waals surface area contributed by atoms with Crippen molar-refractivity contribution in [2.45, 2.75) is 39.1 Å². The molecule has 0 fully saturated rings. The molecule has 0 saturated heterocycles. The minimum Gasteiger partial charge on any atom is -0.360 e. The molecule has 0 saturated carbocycles. The molecule has 1 amide bonds. The molecule has 2 N–H and O–H groups in total. The average molecular weight is 453 g/mol. The average Bonchev–Trinajstić information content (AvgIpc) is 3.27. The molecule has 0 bridgehead atoms. The largest absolute Gasteiger partial charge is 0.360 e. The minimum absolute atomic E-state index is 0.0459. The Morgan fingerprint density at radius 3 is 2.41 bits per heavy atom. The van der Waals surface area contributed by atoms with Crippen LogP contribution in [0.2, 0.25) is 0 Å². The smallest absolute Gasteiger partial charge is 0.263 e. The van der Waals surface area contributed by atoms with Crippen molar-refractivity contribution in [2.75, 3.05) is 10.0 Å². The van der Waals surface area contributed by atoms with Crippen molar-refractivity contribution < 1.29 is 17.7 Å². The highest BCUT2D eigenvalue weighted by Crippen LogP contribution is 2.27. The number of fused-ring (bicyclic) bond motifs is 1. The fourth-order valence-electron chi connectivity index (χ4n) is 3.73. The molecule has 9 heteroatoms. The molecule has 166 valence electrons. The van der Waals surface area contributed by atoms with Crippen molar-refractivity contribution in [3.63, 3.8) is 0 Å². The summed E-state index contributed by atoms with van der Waals surface area (Å²) < 4.78 is 34.4. The maximum atomic E-state index is 12.8. The van der Waals surface area contributed by atoms with Crippen molar-refractivity contribution in [1.29, 1.82) is 0 Å². The second-order valence-corrected chi connectivity index (χ2v) is 9.28. The number of carbonyl (C=O) groups excluding carboxylic acids is 1. The molecule has 4 aromatic rings. The topological polar surface area (TPSA) is 106 Å². The van der Waals surface area contributed by atoms with Crippen molar-refractivity contribution in [3.8, 4) is 0 Å². The highest BCUT2D eigenvalue weighted by atomic mass is 32.2. The number of aromatic nitrogens is 2. The number of hydrogen-bond donors (Lipinski definition) is 2. The number of benzene rings is 2. The second kappa shape index (κ2) is 8.16. The first-order chi connectivity index (χ1) is 15.2. The quantitative estimate of drug-likeness (QED) is 0.444. The van der Waals surface area contributed by atoms with Gasteiger partial charge in [0.05, 0.1) is 4.90 Å². The first kappa shape index (κ1) is 21.6. The molecule has 2 heterocycles. The molecule has 0 unspecified atom stereocenters. The number of carbonyl (C=O) groups is 1. The fourth-order valence-corrected chi connectivity index (χ4v) is 4.71. The lowest BCUT2D eigenvalue weighted by Gasteiger charge is -2.09. The normalized spacial score (nSPS) is 11.6. The van der Waals surface area contributed by atoms with E-state index < -0.39 is 10.0 Å². The number of hydrogen-bond acceptors (Lipinski definition) is 5. The number of nitrogens with zero attached hydrogens (tertiary/aromatic N) is 2. The van der Waals surface area contributed by atoms with Crippen LogP contribution in [0.25, 0.3) is 10.9 Å². The van der Waals surface area contributed by atoms with Crippen molar-refractivity contribution in [1.82, 2.24) is 9.72 Å². The van der Waals surface area contributed by atoms with Gasteiger partial charge in [0.15, 0.2) is 5.82 Å². The lowest BCUT2D eigenvalue weighted by molar-refractivity contribution is 0.102. The van der Waals surface area contributed by atoms with E-state index in [9.17, 15) is 13.2 Å². The van der Waals surface area contributed by atoms with E-state index in [2.05, 4.69) is 40.5 Å². The molecule has 4 rings (SSSR count). The van der Waals surface area contributed by atoms with Gasteiger partial charge in [0.1, 0.15) is 5.76 Å². The SMILES string of the molecule is CCn1c(C)c(C)c2cc(C(=O)Nc3ccc(S(=O)(=O)Nc4cc(C)on4)cc3)ccc21. The van der Waals surface area contributed by atoms with E-state index >= 15 is 0 Å². The van der Waals surface area contributed by atoms with Gasteiger partial charge in [-0.15, -0.1) is 0 Å². The third-order valence-corrected chi connectivity index (χ3v) is 6.88. The molecule has 2 aromatic heterocycles. The van der Waals surface area contributed by atoms with Crippen LogP contribution in [0, 0.1) is 20.8 Å². The standard InChI is InChI=1S/C23H24N4O4S/c1-5-27-16(4)15(3)20-13-17(6-11-21(20)27)23(28)24-18-7-9-19(10-8-18)32(29,30)26-22-12-14(2)31-25-22/h6-13H,5H2,1-4H3,(H,24,28)(H,25,26). The van der Waals surface area contributed by atoms with Crippen LogP contribution in [0.3, 0.4) is 0 Å². The molecule has 0 aliphatic carbocycles. The van der Waals surface area contributed by atoms with Gasteiger partial charge in [-0.2, -0.15) is 0 Å². The van der Waals surface area contributed by atoms with Gasteiger partial charge in [0.2, 0.25) is 0 Å². The first-order valence-electron chi connectivity index (χ1n) is 10.2. The van der Waals surface area contributed by atoms with Crippen LogP contribution >= 0.6 is 0 Å². The van der Waals surface area contributed by atoms with Crippen LogP contribution in [-0.2, 0) is 16.6 Å². The number of aryl methyl sites for hydroxylation is 3. The van der Waals surface area contributed by atoms with Crippen molar-refractivity contribution in [2.24, 2.45) is 0 Å². The Balaban J connectivity index is 1.52. The zero-order valence-electron chi connectivity index (χ0n) is 18.3. The Kier molecular flexibility index (Phi) is 5.52. The Morgan fingerprint density at radius 1 is 1.06 bits per heavy atom. The number of anilines is 2. The van der Waals surface area contributed by atoms with Gasteiger partial charge < -0.3 is 14.4 Å². The van der Waals surface area contributed by atoms with Crippen LogP contribution in [0.1, 0.15) is 34.3 Å². The van der Waals surface area contributed by atoms with E-state index in [4.69, 9.17) is 4.52 Å². The second-order valence-electron chi connectivity index (χ2n) is 7.59. The molecular weight excluding hydrogens is 428 g/mol. The lowest BCUT2D eigenvalue weighted by atomic mass is 10.1. The zero-order chi connectivity index (χ0) is 23.0. The Bertz CT molecular complexity index is 1420. The Labute approximate surface area is 186 Å². The zero-order valence-corrected chi connectivity index (χ0v) is 19.1. The summed E-state index contributed by atoms with van der Waals surface area (Å²) in [5.74, 6) is 0.341. The molecule has 0 radical (unpaired) electrons. The Morgan fingerprint density at radius 2 is 1.78 bits per heavy atom. The van der Waals surface area contributed by atoms with Crippen molar-refractivity contribution in [3.05, 3.63) is 71.1 Å². The fraction of sp³-hybridized carbons (Fsp3) is 0.217.